The smallest absolute Gasteiger partial charge is 0.0801 e. The van der Waals surface area contributed by atoms with Crippen molar-refractivity contribution in [2.24, 2.45) is 0 Å². The third-order valence-corrected chi connectivity index (χ3v) is 3.45. The summed E-state index contributed by atoms with van der Waals surface area (Å²) in [7, 11) is 0. The molecule has 0 saturated carbocycles. The molecule has 1 nitrogen and oxygen atoms in total. The molecule has 0 aromatic heterocycles. The van der Waals surface area contributed by atoms with Crippen LogP contribution in [0, 0.1) is 0 Å². The molecule has 0 aliphatic heterocycles. The molecule has 82 valence electrons. The number of fused-ring (bicyclic) bond motifs is 1. The van der Waals surface area contributed by atoms with E-state index in [1.165, 1.54) is 11.1 Å². The Labute approximate surface area is 92.1 Å². The van der Waals surface area contributed by atoms with Gasteiger partial charge in [-0.25, -0.2) is 0 Å². The molecule has 0 radical (unpaired) electrons. The summed E-state index contributed by atoms with van der Waals surface area (Å²) in [6.07, 6.45) is 2.88. The summed E-state index contributed by atoms with van der Waals surface area (Å²) in [4.78, 5) is 0. The minimum Gasteiger partial charge on any atom is -0.388 e. The van der Waals surface area contributed by atoms with Crippen molar-refractivity contribution >= 4 is 0 Å². The van der Waals surface area contributed by atoms with Crippen LogP contribution in [0.4, 0.5) is 0 Å². The third-order valence-electron chi connectivity index (χ3n) is 3.45. The molecule has 1 N–H and O–H groups in total. The van der Waals surface area contributed by atoms with Gasteiger partial charge in [0.05, 0.1) is 6.10 Å². The van der Waals surface area contributed by atoms with E-state index in [0.29, 0.717) is 0 Å². The van der Waals surface area contributed by atoms with Crippen molar-refractivity contribution < 1.29 is 5.11 Å². The van der Waals surface area contributed by atoms with Gasteiger partial charge in [0.2, 0.25) is 0 Å². The Bertz CT molecular complexity index is 366. The lowest BCUT2D eigenvalue weighted by molar-refractivity contribution is 0.161. The van der Waals surface area contributed by atoms with Gasteiger partial charge in [0.1, 0.15) is 0 Å². The van der Waals surface area contributed by atoms with Crippen LogP contribution >= 0.6 is 0 Å². The van der Waals surface area contributed by atoms with E-state index in [0.717, 1.165) is 24.8 Å². The normalized spacial score (nSPS) is 22.8. The Balaban J connectivity index is 2.41. The van der Waals surface area contributed by atoms with E-state index >= 15 is 0 Å². The molecule has 15 heavy (non-hydrogen) atoms. The lowest BCUT2D eigenvalue weighted by Gasteiger charge is -2.18. The molecule has 0 fully saturated rings. The minimum absolute atomic E-state index is 0.138. The molecular formula is C14H20O. The van der Waals surface area contributed by atoms with E-state index in [1.807, 2.05) is 0 Å². The lowest BCUT2D eigenvalue weighted by atomic mass is 9.86. The van der Waals surface area contributed by atoms with E-state index in [9.17, 15) is 5.11 Å². The first-order chi connectivity index (χ1) is 7.04. The Morgan fingerprint density at radius 2 is 2.13 bits per heavy atom. The van der Waals surface area contributed by atoms with Crippen molar-refractivity contribution in [2.45, 2.75) is 51.6 Å². The second kappa shape index (κ2) is 3.64. The van der Waals surface area contributed by atoms with Crippen molar-refractivity contribution in [1.29, 1.82) is 0 Å². The third kappa shape index (κ3) is 1.81. The monoisotopic (exact) mass is 204 g/mol. The van der Waals surface area contributed by atoms with Crippen molar-refractivity contribution in [3.8, 4) is 0 Å². The Morgan fingerprint density at radius 1 is 1.40 bits per heavy atom. The Hall–Kier alpha value is -0.820. The fourth-order valence-corrected chi connectivity index (χ4v) is 2.65. The van der Waals surface area contributed by atoms with E-state index in [-0.39, 0.29) is 11.5 Å². The highest BCUT2D eigenvalue weighted by Gasteiger charge is 2.35. The van der Waals surface area contributed by atoms with Crippen molar-refractivity contribution in [3.05, 3.63) is 34.9 Å². The van der Waals surface area contributed by atoms with Crippen LogP contribution in [0.25, 0.3) is 0 Å². The van der Waals surface area contributed by atoms with Gasteiger partial charge in [0.15, 0.2) is 0 Å². The van der Waals surface area contributed by atoms with Crippen LogP contribution in [0.3, 0.4) is 0 Å². The van der Waals surface area contributed by atoms with Crippen molar-refractivity contribution in [1.82, 2.24) is 0 Å². The molecule has 1 aliphatic carbocycles. The molecule has 1 unspecified atom stereocenters. The number of rotatable bonds is 2. The van der Waals surface area contributed by atoms with Crippen LogP contribution in [-0.4, -0.2) is 5.11 Å². The maximum Gasteiger partial charge on any atom is 0.0801 e. The van der Waals surface area contributed by atoms with Crippen LogP contribution in [0.15, 0.2) is 18.2 Å². The number of aryl methyl sites for hydroxylation is 1. The molecule has 1 aromatic rings. The number of aliphatic hydroxyl groups is 1. The molecule has 1 aliphatic rings. The van der Waals surface area contributed by atoms with E-state index in [1.54, 1.807) is 0 Å². The molecular weight excluding hydrogens is 184 g/mol. The maximum absolute atomic E-state index is 10.0. The topological polar surface area (TPSA) is 20.2 Å². The molecule has 0 saturated heterocycles. The number of aliphatic hydroxyl groups excluding tert-OH is 1. The zero-order valence-corrected chi connectivity index (χ0v) is 9.88. The van der Waals surface area contributed by atoms with Gasteiger partial charge in [0.25, 0.3) is 0 Å². The van der Waals surface area contributed by atoms with Crippen LogP contribution < -0.4 is 0 Å². The predicted molar refractivity (Wildman–Crippen MR) is 63.0 cm³/mol. The summed E-state index contributed by atoms with van der Waals surface area (Å²) < 4.78 is 0. The molecule has 1 atom stereocenters. The molecule has 1 heteroatoms. The summed E-state index contributed by atoms with van der Waals surface area (Å²) in [5.41, 5.74) is 3.98. The largest absolute Gasteiger partial charge is 0.388 e. The number of benzene rings is 1. The molecule has 0 bridgehead atoms. The zero-order chi connectivity index (χ0) is 11.1. The van der Waals surface area contributed by atoms with Crippen LogP contribution in [0.5, 0.6) is 0 Å². The summed E-state index contributed by atoms with van der Waals surface area (Å²) in [5, 5.41) is 10.0. The average molecular weight is 204 g/mol. The highest BCUT2D eigenvalue weighted by atomic mass is 16.3. The second-order valence-corrected chi connectivity index (χ2v) is 5.28. The lowest BCUT2D eigenvalue weighted by Crippen LogP contribution is -2.12. The van der Waals surface area contributed by atoms with Crippen molar-refractivity contribution in [2.75, 3.05) is 0 Å². The van der Waals surface area contributed by atoms with Gasteiger partial charge in [-0.2, -0.15) is 0 Å². The molecule has 2 rings (SSSR count). The fraction of sp³-hybridized carbons (Fsp3) is 0.571. The first-order valence-electron chi connectivity index (χ1n) is 5.86. The van der Waals surface area contributed by atoms with Gasteiger partial charge in [-0.3, -0.25) is 0 Å². The van der Waals surface area contributed by atoms with Crippen LogP contribution in [0.2, 0.25) is 0 Å². The second-order valence-electron chi connectivity index (χ2n) is 5.28. The number of hydrogen-bond donors (Lipinski definition) is 1. The molecule has 0 spiro atoms. The summed E-state index contributed by atoms with van der Waals surface area (Å²) in [6, 6.07) is 6.61. The highest BCUT2D eigenvalue weighted by Crippen LogP contribution is 2.44. The average Bonchev–Trinajstić information content (AvgIpc) is 2.38. The van der Waals surface area contributed by atoms with Gasteiger partial charge in [-0.15, -0.1) is 0 Å². The summed E-state index contributed by atoms with van der Waals surface area (Å²) >= 11 is 0. The Kier molecular flexibility index (Phi) is 2.59. The standard InChI is InChI=1S/C14H20O/c1-4-5-10-6-7-12-11(8-10)13(15)9-14(12,2)3/h6-8,13,15H,4-5,9H2,1-3H3. The molecule has 1 aromatic carbocycles. The Morgan fingerprint density at radius 3 is 2.80 bits per heavy atom. The SMILES string of the molecule is CCCc1ccc2c(c1)C(O)CC2(C)C. The fourth-order valence-electron chi connectivity index (χ4n) is 2.65. The number of hydrogen-bond acceptors (Lipinski definition) is 1. The molecule has 0 heterocycles. The van der Waals surface area contributed by atoms with Crippen LogP contribution in [-0.2, 0) is 11.8 Å². The van der Waals surface area contributed by atoms with E-state index < -0.39 is 0 Å². The van der Waals surface area contributed by atoms with Gasteiger partial charge in [-0.1, -0.05) is 45.4 Å². The van der Waals surface area contributed by atoms with Gasteiger partial charge < -0.3 is 5.11 Å². The molecule has 0 amide bonds. The predicted octanol–water partition coefficient (Wildman–Crippen LogP) is 3.35. The van der Waals surface area contributed by atoms with E-state index in [2.05, 4.69) is 39.0 Å². The zero-order valence-electron chi connectivity index (χ0n) is 9.88. The summed E-state index contributed by atoms with van der Waals surface area (Å²) in [6.45, 7) is 6.61. The minimum atomic E-state index is -0.258. The quantitative estimate of drug-likeness (QED) is 0.783. The van der Waals surface area contributed by atoms with Crippen LogP contribution in [0.1, 0.15) is 56.4 Å². The summed E-state index contributed by atoms with van der Waals surface area (Å²) in [5.74, 6) is 0. The first-order valence-corrected chi connectivity index (χ1v) is 5.86. The van der Waals surface area contributed by atoms with Gasteiger partial charge >= 0.3 is 0 Å². The van der Waals surface area contributed by atoms with Gasteiger partial charge in [0, 0.05) is 0 Å². The van der Waals surface area contributed by atoms with Crippen molar-refractivity contribution in [3.63, 3.8) is 0 Å². The first kappa shape index (κ1) is 10.7. The highest BCUT2D eigenvalue weighted by molar-refractivity contribution is 5.42. The van der Waals surface area contributed by atoms with E-state index in [4.69, 9.17) is 0 Å². The maximum atomic E-state index is 10.0. The van der Waals surface area contributed by atoms with Gasteiger partial charge in [-0.05, 0) is 34.9 Å².